The second-order valence-corrected chi connectivity index (χ2v) is 10.1. The van der Waals surface area contributed by atoms with E-state index in [4.69, 9.17) is 0 Å². The molecule has 10 nitrogen and oxygen atoms in total. The summed E-state index contributed by atoms with van der Waals surface area (Å²) in [5.74, 6) is -0.999. The number of aromatic nitrogens is 4. The van der Waals surface area contributed by atoms with Gasteiger partial charge in [-0.25, -0.2) is 0 Å². The fourth-order valence-electron chi connectivity index (χ4n) is 3.19. The Morgan fingerprint density at radius 1 is 1.03 bits per heavy atom. The molecule has 1 aromatic carbocycles. The Hall–Kier alpha value is -3.65. The van der Waals surface area contributed by atoms with E-state index in [1.54, 1.807) is 26.0 Å². The minimum absolute atomic E-state index is 0.110. The van der Waals surface area contributed by atoms with Crippen LogP contribution in [0.2, 0.25) is 0 Å². The van der Waals surface area contributed by atoms with Crippen molar-refractivity contribution in [3.05, 3.63) is 57.7 Å². The average molecular weight is 553 g/mol. The van der Waals surface area contributed by atoms with Gasteiger partial charge in [0, 0.05) is 13.0 Å². The molecule has 2 amide bonds. The molecule has 0 atom stereocenters. The number of anilines is 1. The number of benzene rings is 1. The fraction of sp³-hybridized carbons (Fsp3) is 0.417. The number of rotatable bonds is 12. The highest BCUT2D eigenvalue weighted by molar-refractivity contribution is 7.13. The zero-order chi connectivity index (χ0) is 27.8. The van der Waals surface area contributed by atoms with Crippen LogP contribution in [0.3, 0.4) is 0 Å². The summed E-state index contributed by atoms with van der Waals surface area (Å²) in [5.41, 5.74) is 0.0655. The second-order valence-electron chi connectivity index (χ2n) is 9.03. The molecule has 3 rings (SSSR count). The summed E-state index contributed by atoms with van der Waals surface area (Å²) >= 11 is 1.21. The number of aryl methyl sites for hydroxylation is 2. The Morgan fingerprint density at radius 3 is 2.47 bits per heavy atom. The second kappa shape index (κ2) is 12.7. The van der Waals surface area contributed by atoms with Gasteiger partial charge in [0.05, 0.1) is 17.7 Å². The highest BCUT2D eigenvalue weighted by Crippen LogP contribution is 2.23. The zero-order valence-electron chi connectivity index (χ0n) is 20.7. The van der Waals surface area contributed by atoms with E-state index in [0.29, 0.717) is 18.4 Å². The third-order valence-corrected chi connectivity index (χ3v) is 5.88. The normalized spacial score (nSPS) is 11.7. The average Bonchev–Trinajstić information content (AvgIpc) is 3.29. The standard InChI is InChI=1S/C24H27F3N6O4S/c1-23(2,36)14-28-21(35)22-33-32-20(38-22)9-4-3-7-16-10-11-18(31-30-16)29-19(34)13-15-6-5-8-17(12-15)37-24(25,26)27/h5-6,8,10-12,36H,3-4,7,9,13-14H2,1-2H3,(H,28,35)(H,29,31,34). The number of halogens is 3. The Balaban J connectivity index is 1.39. The minimum atomic E-state index is -4.81. The smallest absolute Gasteiger partial charge is 0.406 e. The van der Waals surface area contributed by atoms with Gasteiger partial charge in [-0.15, -0.1) is 28.5 Å². The van der Waals surface area contributed by atoms with Crippen LogP contribution in [0.5, 0.6) is 5.75 Å². The predicted molar refractivity (Wildman–Crippen MR) is 133 cm³/mol. The maximum absolute atomic E-state index is 12.4. The van der Waals surface area contributed by atoms with Crippen LogP contribution in [0.25, 0.3) is 0 Å². The minimum Gasteiger partial charge on any atom is -0.406 e. The van der Waals surface area contributed by atoms with E-state index in [9.17, 15) is 27.9 Å². The van der Waals surface area contributed by atoms with E-state index >= 15 is 0 Å². The highest BCUT2D eigenvalue weighted by atomic mass is 32.1. The van der Waals surface area contributed by atoms with E-state index in [0.717, 1.165) is 35.7 Å². The van der Waals surface area contributed by atoms with Crippen LogP contribution in [-0.4, -0.2) is 55.8 Å². The van der Waals surface area contributed by atoms with Crippen LogP contribution in [-0.2, 0) is 24.1 Å². The number of nitrogens with one attached hydrogen (secondary N) is 2. The highest BCUT2D eigenvalue weighted by Gasteiger charge is 2.31. The van der Waals surface area contributed by atoms with Crippen LogP contribution in [0.4, 0.5) is 19.0 Å². The number of hydrogen-bond donors (Lipinski definition) is 3. The molecule has 14 heteroatoms. The van der Waals surface area contributed by atoms with Gasteiger partial charge in [0.15, 0.2) is 5.82 Å². The Morgan fingerprint density at radius 2 is 1.79 bits per heavy atom. The zero-order valence-corrected chi connectivity index (χ0v) is 21.5. The quantitative estimate of drug-likeness (QED) is 0.290. The van der Waals surface area contributed by atoms with Crippen molar-refractivity contribution in [3.8, 4) is 5.75 Å². The summed E-state index contributed by atoms with van der Waals surface area (Å²) in [4.78, 5) is 24.3. The lowest BCUT2D eigenvalue weighted by Crippen LogP contribution is -2.38. The van der Waals surface area contributed by atoms with Crippen molar-refractivity contribution in [1.82, 2.24) is 25.7 Å². The van der Waals surface area contributed by atoms with Crippen LogP contribution in [0, 0.1) is 0 Å². The largest absolute Gasteiger partial charge is 0.573 e. The van der Waals surface area contributed by atoms with Gasteiger partial charge in [-0.05, 0) is 62.9 Å². The molecule has 0 aliphatic carbocycles. The van der Waals surface area contributed by atoms with Gasteiger partial charge in [0.25, 0.3) is 5.91 Å². The Labute approximate surface area is 220 Å². The molecule has 0 radical (unpaired) electrons. The lowest BCUT2D eigenvalue weighted by Gasteiger charge is -2.16. The fourth-order valence-corrected chi connectivity index (χ4v) is 3.98. The molecule has 0 saturated carbocycles. The molecule has 0 aliphatic heterocycles. The first-order chi connectivity index (χ1) is 17.9. The van der Waals surface area contributed by atoms with Gasteiger partial charge in [0.1, 0.15) is 10.8 Å². The van der Waals surface area contributed by atoms with Crippen molar-refractivity contribution in [2.75, 3.05) is 11.9 Å². The first kappa shape index (κ1) is 28.9. The van der Waals surface area contributed by atoms with Crippen molar-refractivity contribution in [2.24, 2.45) is 0 Å². The van der Waals surface area contributed by atoms with Crippen LogP contribution in [0.15, 0.2) is 36.4 Å². The SMILES string of the molecule is CC(C)(O)CNC(=O)c1nnc(CCCCc2ccc(NC(=O)Cc3cccc(OC(F)(F)F)c3)nn2)s1. The molecule has 3 aromatic rings. The number of carbonyl (C=O) groups excluding carboxylic acids is 2. The van der Waals surface area contributed by atoms with E-state index in [2.05, 4.69) is 35.8 Å². The van der Waals surface area contributed by atoms with Gasteiger partial charge in [-0.3, -0.25) is 9.59 Å². The van der Waals surface area contributed by atoms with Crippen molar-refractivity contribution < 1.29 is 32.6 Å². The van der Waals surface area contributed by atoms with Crippen molar-refractivity contribution in [2.45, 2.75) is 57.9 Å². The molecule has 204 valence electrons. The Kier molecular flexibility index (Phi) is 9.69. The predicted octanol–water partition coefficient (Wildman–Crippen LogP) is 3.47. The molecular weight excluding hydrogens is 525 g/mol. The first-order valence-electron chi connectivity index (χ1n) is 11.7. The summed E-state index contributed by atoms with van der Waals surface area (Å²) in [6, 6.07) is 8.54. The molecule has 0 spiro atoms. The molecule has 0 aliphatic rings. The van der Waals surface area contributed by atoms with Crippen LogP contribution < -0.4 is 15.4 Å². The van der Waals surface area contributed by atoms with Gasteiger partial charge >= 0.3 is 6.36 Å². The third kappa shape index (κ3) is 10.4. The lowest BCUT2D eigenvalue weighted by molar-refractivity contribution is -0.274. The van der Waals surface area contributed by atoms with Gasteiger partial charge in [0.2, 0.25) is 10.9 Å². The summed E-state index contributed by atoms with van der Waals surface area (Å²) < 4.78 is 41.0. The summed E-state index contributed by atoms with van der Waals surface area (Å²) in [6.07, 6.45) is -2.10. The van der Waals surface area contributed by atoms with Gasteiger partial charge < -0.3 is 20.5 Å². The number of nitrogens with zero attached hydrogens (tertiary/aromatic N) is 4. The van der Waals surface area contributed by atoms with E-state index in [-0.39, 0.29) is 29.7 Å². The maximum atomic E-state index is 12.4. The van der Waals surface area contributed by atoms with E-state index < -0.39 is 23.6 Å². The molecule has 2 aromatic heterocycles. The van der Waals surface area contributed by atoms with Crippen molar-refractivity contribution >= 4 is 29.0 Å². The number of alkyl halides is 3. The first-order valence-corrected chi connectivity index (χ1v) is 12.5. The molecule has 38 heavy (non-hydrogen) atoms. The molecule has 2 heterocycles. The summed E-state index contributed by atoms with van der Waals surface area (Å²) in [6.45, 7) is 3.30. The third-order valence-electron chi connectivity index (χ3n) is 4.90. The van der Waals surface area contributed by atoms with Gasteiger partial charge in [-0.2, -0.15) is 5.10 Å². The van der Waals surface area contributed by atoms with Crippen molar-refractivity contribution in [1.29, 1.82) is 0 Å². The van der Waals surface area contributed by atoms with Crippen molar-refractivity contribution in [3.63, 3.8) is 0 Å². The lowest BCUT2D eigenvalue weighted by atomic mass is 10.1. The number of ether oxygens (including phenoxy) is 1. The molecule has 3 N–H and O–H groups in total. The molecule has 0 bridgehead atoms. The van der Waals surface area contributed by atoms with E-state index in [1.165, 1.54) is 23.5 Å². The number of amides is 2. The maximum Gasteiger partial charge on any atom is 0.573 e. The number of aliphatic hydroxyl groups is 1. The molecule has 0 fully saturated rings. The van der Waals surface area contributed by atoms with Crippen LogP contribution in [0.1, 0.15) is 52.8 Å². The summed E-state index contributed by atoms with van der Waals surface area (Å²) in [5, 5.41) is 31.9. The summed E-state index contributed by atoms with van der Waals surface area (Å²) in [7, 11) is 0. The van der Waals surface area contributed by atoms with Crippen LogP contribution >= 0.6 is 11.3 Å². The monoisotopic (exact) mass is 552 g/mol. The number of unbranched alkanes of at least 4 members (excludes halogenated alkanes) is 1. The Bertz CT molecular complexity index is 1230. The van der Waals surface area contributed by atoms with E-state index in [1.807, 2.05) is 0 Å². The topological polar surface area (TPSA) is 139 Å². The number of hydrogen-bond acceptors (Lipinski definition) is 9. The molecular formula is C24H27F3N6O4S. The molecule has 0 saturated heterocycles. The molecule has 0 unspecified atom stereocenters. The van der Waals surface area contributed by atoms with Gasteiger partial charge in [-0.1, -0.05) is 23.5 Å². The number of carbonyl (C=O) groups is 2.